The van der Waals surface area contributed by atoms with Crippen LogP contribution in [0.2, 0.25) is 0 Å². The fourth-order valence-electron chi connectivity index (χ4n) is 2.61. The molecule has 0 saturated heterocycles. The summed E-state index contributed by atoms with van der Waals surface area (Å²) in [5, 5.41) is 0. The van der Waals surface area contributed by atoms with Crippen molar-refractivity contribution in [1.29, 1.82) is 0 Å². The van der Waals surface area contributed by atoms with Gasteiger partial charge in [0.1, 0.15) is 5.75 Å². The molecule has 2 aromatic rings. The molecule has 4 heteroatoms. The van der Waals surface area contributed by atoms with Crippen molar-refractivity contribution < 1.29 is 4.74 Å². The lowest BCUT2D eigenvalue weighted by molar-refractivity contribution is 0.403. The zero-order chi connectivity index (χ0) is 14.7. The monoisotopic (exact) mass is 271 g/mol. The third-order valence-corrected chi connectivity index (χ3v) is 3.53. The van der Waals surface area contributed by atoms with E-state index in [9.17, 15) is 0 Å². The van der Waals surface area contributed by atoms with Crippen LogP contribution in [0.5, 0.6) is 5.75 Å². The van der Waals surface area contributed by atoms with E-state index in [0.717, 1.165) is 28.1 Å². The van der Waals surface area contributed by atoms with E-state index in [4.69, 9.17) is 10.6 Å². The minimum absolute atomic E-state index is 0.140. The fourth-order valence-corrected chi connectivity index (χ4v) is 2.61. The van der Waals surface area contributed by atoms with E-state index in [2.05, 4.69) is 30.3 Å². The molecule has 0 aliphatic heterocycles. The Hall–Kier alpha value is -1.91. The minimum atomic E-state index is -0.140. The van der Waals surface area contributed by atoms with Crippen LogP contribution in [-0.4, -0.2) is 12.1 Å². The molecule has 0 spiro atoms. The molecular weight excluding hydrogens is 250 g/mol. The first kappa shape index (κ1) is 14.5. The molecule has 1 unspecified atom stereocenters. The Kier molecular flexibility index (Phi) is 4.37. The number of hydrogen-bond acceptors (Lipinski definition) is 4. The van der Waals surface area contributed by atoms with Crippen molar-refractivity contribution in [1.82, 2.24) is 10.4 Å². The number of hydrazine groups is 1. The van der Waals surface area contributed by atoms with Crippen LogP contribution in [-0.2, 0) is 0 Å². The molecule has 20 heavy (non-hydrogen) atoms. The standard InChI is InChI=1S/C16H21N3O/c1-10-8-11(2)15(14(9-10)20-4)16(19-17)13-6-5-7-18-12(13)3/h5-9,16,19H,17H2,1-4H3. The van der Waals surface area contributed by atoms with Gasteiger partial charge >= 0.3 is 0 Å². The molecule has 0 amide bonds. The molecule has 3 N–H and O–H groups in total. The number of rotatable bonds is 4. The summed E-state index contributed by atoms with van der Waals surface area (Å²) in [6.07, 6.45) is 1.78. The maximum absolute atomic E-state index is 5.80. The molecule has 0 radical (unpaired) electrons. The lowest BCUT2D eigenvalue weighted by Crippen LogP contribution is -2.30. The number of aromatic nitrogens is 1. The average Bonchev–Trinajstić information content (AvgIpc) is 2.43. The molecule has 0 saturated carbocycles. The van der Waals surface area contributed by atoms with E-state index < -0.39 is 0 Å². The van der Waals surface area contributed by atoms with Crippen LogP contribution in [0.3, 0.4) is 0 Å². The molecular formula is C16H21N3O. The zero-order valence-electron chi connectivity index (χ0n) is 12.4. The summed E-state index contributed by atoms with van der Waals surface area (Å²) < 4.78 is 5.54. The van der Waals surface area contributed by atoms with E-state index in [1.165, 1.54) is 5.56 Å². The largest absolute Gasteiger partial charge is 0.496 e. The lowest BCUT2D eigenvalue weighted by Gasteiger charge is -2.23. The van der Waals surface area contributed by atoms with Gasteiger partial charge in [-0.3, -0.25) is 10.8 Å². The first-order chi connectivity index (χ1) is 9.58. The molecule has 4 nitrogen and oxygen atoms in total. The van der Waals surface area contributed by atoms with Crippen LogP contribution in [0.1, 0.15) is 34.0 Å². The number of aryl methyl sites for hydroxylation is 3. The molecule has 2 rings (SSSR count). The normalized spacial score (nSPS) is 12.2. The van der Waals surface area contributed by atoms with Crippen LogP contribution in [0.25, 0.3) is 0 Å². The second kappa shape index (κ2) is 6.03. The van der Waals surface area contributed by atoms with Crippen LogP contribution >= 0.6 is 0 Å². The second-order valence-corrected chi connectivity index (χ2v) is 4.98. The number of ether oxygens (including phenoxy) is 1. The Morgan fingerprint density at radius 3 is 2.60 bits per heavy atom. The van der Waals surface area contributed by atoms with E-state index in [1.54, 1.807) is 13.3 Å². The van der Waals surface area contributed by atoms with Gasteiger partial charge in [-0.2, -0.15) is 0 Å². The van der Waals surface area contributed by atoms with Crippen LogP contribution < -0.4 is 16.0 Å². The van der Waals surface area contributed by atoms with Crippen LogP contribution in [0.15, 0.2) is 30.5 Å². The van der Waals surface area contributed by atoms with E-state index in [-0.39, 0.29) is 6.04 Å². The van der Waals surface area contributed by atoms with Crippen molar-refractivity contribution in [2.45, 2.75) is 26.8 Å². The minimum Gasteiger partial charge on any atom is -0.496 e. The van der Waals surface area contributed by atoms with E-state index >= 15 is 0 Å². The first-order valence-electron chi connectivity index (χ1n) is 6.61. The van der Waals surface area contributed by atoms with Gasteiger partial charge < -0.3 is 4.74 Å². The molecule has 1 aromatic carbocycles. The van der Waals surface area contributed by atoms with Gasteiger partial charge in [0.25, 0.3) is 0 Å². The maximum Gasteiger partial charge on any atom is 0.124 e. The van der Waals surface area contributed by atoms with E-state index in [1.807, 2.05) is 25.1 Å². The number of nitrogens with two attached hydrogens (primary N) is 1. The summed E-state index contributed by atoms with van der Waals surface area (Å²) in [5.74, 6) is 6.64. The van der Waals surface area contributed by atoms with Gasteiger partial charge in [0.2, 0.25) is 0 Å². The number of hydrogen-bond donors (Lipinski definition) is 2. The predicted octanol–water partition coefficient (Wildman–Crippen LogP) is 2.57. The average molecular weight is 271 g/mol. The number of benzene rings is 1. The van der Waals surface area contributed by atoms with Gasteiger partial charge in [-0.15, -0.1) is 0 Å². The summed E-state index contributed by atoms with van der Waals surface area (Å²) >= 11 is 0. The van der Waals surface area contributed by atoms with Gasteiger partial charge in [-0.05, 0) is 49.6 Å². The summed E-state index contributed by atoms with van der Waals surface area (Å²) in [6.45, 7) is 6.11. The van der Waals surface area contributed by atoms with Gasteiger partial charge in [0, 0.05) is 17.5 Å². The number of nitrogens with zero attached hydrogens (tertiary/aromatic N) is 1. The van der Waals surface area contributed by atoms with Crippen molar-refractivity contribution in [2.75, 3.05) is 7.11 Å². The molecule has 0 aliphatic carbocycles. The quantitative estimate of drug-likeness (QED) is 0.663. The fraction of sp³-hybridized carbons (Fsp3) is 0.312. The lowest BCUT2D eigenvalue weighted by atomic mass is 9.92. The Bertz CT molecular complexity index is 611. The zero-order valence-corrected chi connectivity index (χ0v) is 12.4. The van der Waals surface area contributed by atoms with Crippen molar-refractivity contribution in [2.24, 2.45) is 5.84 Å². The van der Waals surface area contributed by atoms with Gasteiger partial charge in [0.15, 0.2) is 0 Å². The summed E-state index contributed by atoms with van der Waals surface area (Å²) in [5.41, 5.74) is 8.27. The topological polar surface area (TPSA) is 60.2 Å². The highest BCUT2D eigenvalue weighted by Crippen LogP contribution is 2.34. The van der Waals surface area contributed by atoms with Crippen molar-refractivity contribution in [3.8, 4) is 5.75 Å². The number of nitrogens with one attached hydrogen (secondary N) is 1. The second-order valence-electron chi connectivity index (χ2n) is 4.98. The molecule has 0 fully saturated rings. The predicted molar refractivity (Wildman–Crippen MR) is 80.6 cm³/mol. The van der Waals surface area contributed by atoms with Crippen molar-refractivity contribution >= 4 is 0 Å². The SMILES string of the molecule is COc1cc(C)cc(C)c1C(NN)c1cccnc1C. The van der Waals surface area contributed by atoms with Crippen molar-refractivity contribution in [3.63, 3.8) is 0 Å². The molecule has 106 valence electrons. The Labute approximate surface area is 120 Å². The van der Waals surface area contributed by atoms with Crippen molar-refractivity contribution in [3.05, 3.63) is 58.4 Å². The van der Waals surface area contributed by atoms with Gasteiger partial charge in [-0.25, -0.2) is 5.43 Å². The van der Waals surface area contributed by atoms with E-state index in [0.29, 0.717) is 0 Å². The highest BCUT2D eigenvalue weighted by molar-refractivity contribution is 5.49. The van der Waals surface area contributed by atoms with Gasteiger partial charge in [-0.1, -0.05) is 12.1 Å². The molecule has 1 heterocycles. The number of methoxy groups -OCH3 is 1. The Balaban J connectivity index is 2.61. The Morgan fingerprint density at radius 1 is 1.25 bits per heavy atom. The maximum atomic E-state index is 5.80. The summed E-state index contributed by atoms with van der Waals surface area (Å²) in [4.78, 5) is 4.34. The third-order valence-electron chi connectivity index (χ3n) is 3.53. The first-order valence-corrected chi connectivity index (χ1v) is 6.61. The number of pyridine rings is 1. The van der Waals surface area contributed by atoms with Crippen LogP contribution in [0.4, 0.5) is 0 Å². The van der Waals surface area contributed by atoms with Gasteiger partial charge in [0.05, 0.1) is 13.2 Å². The smallest absolute Gasteiger partial charge is 0.124 e. The molecule has 1 aromatic heterocycles. The third kappa shape index (κ3) is 2.66. The Morgan fingerprint density at radius 2 is 2.00 bits per heavy atom. The molecule has 1 atom stereocenters. The summed E-state index contributed by atoms with van der Waals surface area (Å²) in [6, 6.07) is 7.97. The molecule has 0 bridgehead atoms. The summed E-state index contributed by atoms with van der Waals surface area (Å²) in [7, 11) is 1.68. The highest BCUT2D eigenvalue weighted by Gasteiger charge is 2.21. The highest BCUT2D eigenvalue weighted by atomic mass is 16.5. The molecule has 0 aliphatic rings. The van der Waals surface area contributed by atoms with Crippen LogP contribution in [0, 0.1) is 20.8 Å².